The van der Waals surface area contributed by atoms with E-state index in [0.717, 1.165) is 29.3 Å². The molecule has 0 bridgehead atoms. The SMILES string of the molecule is O=C(Nc1cccc(CS(=O)C2CCOCC2)c1)c1cc2cc(Cl)ccc2[nH]1. The Morgan fingerprint density at radius 3 is 2.82 bits per heavy atom. The molecule has 146 valence electrons. The molecule has 1 amide bonds. The van der Waals surface area contributed by atoms with E-state index in [0.29, 0.717) is 35.4 Å². The van der Waals surface area contributed by atoms with E-state index in [4.69, 9.17) is 16.3 Å². The first-order valence-corrected chi connectivity index (χ1v) is 11.0. The molecule has 1 aromatic heterocycles. The summed E-state index contributed by atoms with van der Waals surface area (Å²) >= 11 is 6.01. The number of carbonyl (C=O) groups is 1. The van der Waals surface area contributed by atoms with E-state index in [1.807, 2.05) is 36.4 Å². The highest BCUT2D eigenvalue weighted by Gasteiger charge is 2.20. The number of amides is 1. The molecular weight excluding hydrogens is 396 g/mol. The van der Waals surface area contributed by atoms with Crippen molar-refractivity contribution in [1.82, 2.24) is 4.98 Å². The van der Waals surface area contributed by atoms with Gasteiger partial charge in [-0.25, -0.2) is 0 Å². The Bertz CT molecular complexity index is 1030. The maximum Gasteiger partial charge on any atom is 0.272 e. The van der Waals surface area contributed by atoms with E-state index in [9.17, 15) is 9.00 Å². The fourth-order valence-corrected chi connectivity index (χ4v) is 5.03. The number of hydrogen-bond acceptors (Lipinski definition) is 3. The van der Waals surface area contributed by atoms with Gasteiger partial charge in [-0.15, -0.1) is 0 Å². The van der Waals surface area contributed by atoms with Crippen LogP contribution in [0.25, 0.3) is 10.9 Å². The Morgan fingerprint density at radius 2 is 2.00 bits per heavy atom. The highest BCUT2D eigenvalue weighted by Crippen LogP contribution is 2.22. The summed E-state index contributed by atoms with van der Waals surface area (Å²) in [5.41, 5.74) is 2.96. The monoisotopic (exact) mass is 416 g/mol. The van der Waals surface area contributed by atoms with Crippen LogP contribution in [0.5, 0.6) is 0 Å². The highest BCUT2D eigenvalue weighted by molar-refractivity contribution is 7.84. The quantitative estimate of drug-likeness (QED) is 0.643. The van der Waals surface area contributed by atoms with Crippen LogP contribution in [0.2, 0.25) is 5.02 Å². The van der Waals surface area contributed by atoms with E-state index >= 15 is 0 Å². The van der Waals surface area contributed by atoms with Crippen molar-refractivity contribution in [3.63, 3.8) is 0 Å². The van der Waals surface area contributed by atoms with Crippen LogP contribution in [0.3, 0.4) is 0 Å². The van der Waals surface area contributed by atoms with Crippen LogP contribution in [0.15, 0.2) is 48.5 Å². The number of nitrogens with one attached hydrogen (secondary N) is 2. The first-order chi connectivity index (χ1) is 13.6. The number of aromatic nitrogens is 1. The summed E-state index contributed by atoms with van der Waals surface area (Å²) in [5, 5.41) is 4.61. The van der Waals surface area contributed by atoms with Gasteiger partial charge in [-0.05, 0) is 54.8 Å². The van der Waals surface area contributed by atoms with Gasteiger partial charge in [0.1, 0.15) is 5.69 Å². The largest absolute Gasteiger partial charge is 0.381 e. The predicted octanol–water partition coefficient (Wildman–Crippen LogP) is 4.50. The van der Waals surface area contributed by atoms with Gasteiger partial charge in [0.15, 0.2) is 0 Å². The van der Waals surface area contributed by atoms with Crippen molar-refractivity contribution in [2.24, 2.45) is 0 Å². The van der Waals surface area contributed by atoms with Crippen LogP contribution in [0, 0.1) is 0 Å². The molecule has 4 rings (SSSR count). The number of H-pyrrole nitrogens is 1. The second kappa shape index (κ2) is 8.47. The molecule has 1 aliphatic heterocycles. The number of benzene rings is 2. The summed E-state index contributed by atoms with van der Waals surface area (Å²) in [6, 6.07) is 14.8. The van der Waals surface area contributed by atoms with Crippen molar-refractivity contribution in [2.75, 3.05) is 18.5 Å². The van der Waals surface area contributed by atoms with Crippen LogP contribution < -0.4 is 5.32 Å². The van der Waals surface area contributed by atoms with Gasteiger partial charge in [0.25, 0.3) is 5.91 Å². The lowest BCUT2D eigenvalue weighted by atomic mass is 10.2. The van der Waals surface area contributed by atoms with Gasteiger partial charge in [-0.1, -0.05) is 23.7 Å². The summed E-state index contributed by atoms with van der Waals surface area (Å²) in [7, 11) is -0.939. The molecular formula is C21H21ClN2O3S. The Balaban J connectivity index is 1.44. The maximum atomic E-state index is 12.6. The molecule has 1 unspecified atom stereocenters. The minimum atomic E-state index is -0.939. The topological polar surface area (TPSA) is 71.2 Å². The van der Waals surface area contributed by atoms with Crippen molar-refractivity contribution in [3.05, 3.63) is 64.8 Å². The number of carbonyl (C=O) groups excluding carboxylic acids is 1. The lowest BCUT2D eigenvalue weighted by molar-refractivity contribution is 0.0991. The van der Waals surface area contributed by atoms with Gasteiger partial charge in [-0.3, -0.25) is 9.00 Å². The molecule has 5 nitrogen and oxygen atoms in total. The molecule has 1 aliphatic rings. The fourth-order valence-electron chi connectivity index (χ4n) is 3.38. The second-order valence-electron chi connectivity index (χ2n) is 6.91. The van der Waals surface area contributed by atoms with E-state index < -0.39 is 10.8 Å². The third-order valence-corrected chi connectivity index (χ3v) is 6.93. The van der Waals surface area contributed by atoms with Crippen molar-refractivity contribution in [2.45, 2.75) is 23.8 Å². The zero-order valence-corrected chi connectivity index (χ0v) is 16.8. The first-order valence-electron chi connectivity index (χ1n) is 9.22. The summed E-state index contributed by atoms with van der Waals surface area (Å²) in [6.07, 6.45) is 1.68. The third kappa shape index (κ3) is 4.46. The zero-order valence-electron chi connectivity index (χ0n) is 15.2. The minimum absolute atomic E-state index is 0.185. The van der Waals surface area contributed by atoms with Gasteiger partial charge in [-0.2, -0.15) is 0 Å². The number of aromatic amines is 1. The average molecular weight is 417 g/mol. The van der Waals surface area contributed by atoms with Gasteiger partial charge >= 0.3 is 0 Å². The first kappa shape index (κ1) is 19.2. The number of ether oxygens (including phenoxy) is 1. The molecule has 2 aromatic carbocycles. The molecule has 1 saturated heterocycles. The van der Waals surface area contributed by atoms with Gasteiger partial charge < -0.3 is 15.0 Å². The molecule has 2 heterocycles. The summed E-state index contributed by atoms with van der Waals surface area (Å²) in [6.45, 7) is 1.37. The normalized spacial score (nSPS) is 16.2. The number of hydrogen-bond donors (Lipinski definition) is 2. The fraction of sp³-hybridized carbons (Fsp3) is 0.286. The smallest absolute Gasteiger partial charge is 0.272 e. The summed E-state index contributed by atoms with van der Waals surface area (Å²) in [5.74, 6) is 0.259. The van der Waals surface area contributed by atoms with Crippen LogP contribution in [0.4, 0.5) is 5.69 Å². The Morgan fingerprint density at radius 1 is 1.18 bits per heavy atom. The lowest BCUT2D eigenvalue weighted by Crippen LogP contribution is -2.25. The molecule has 0 radical (unpaired) electrons. The molecule has 1 fully saturated rings. The van der Waals surface area contributed by atoms with E-state index in [2.05, 4.69) is 10.3 Å². The molecule has 0 saturated carbocycles. The van der Waals surface area contributed by atoms with Crippen LogP contribution in [0.1, 0.15) is 28.9 Å². The molecule has 2 N–H and O–H groups in total. The van der Waals surface area contributed by atoms with E-state index in [-0.39, 0.29) is 11.2 Å². The number of halogens is 1. The number of rotatable bonds is 5. The number of anilines is 1. The zero-order chi connectivity index (χ0) is 19.5. The summed E-state index contributed by atoms with van der Waals surface area (Å²) < 4.78 is 17.9. The Kier molecular flexibility index (Phi) is 5.80. The van der Waals surface area contributed by atoms with Crippen molar-refractivity contribution in [1.29, 1.82) is 0 Å². The molecule has 3 aromatic rings. The molecule has 0 aliphatic carbocycles. The lowest BCUT2D eigenvalue weighted by Gasteiger charge is -2.21. The number of fused-ring (bicyclic) bond motifs is 1. The van der Waals surface area contributed by atoms with Crippen LogP contribution in [-0.4, -0.2) is 33.6 Å². The van der Waals surface area contributed by atoms with E-state index in [1.165, 1.54) is 0 Å². The van der Waals surface area contributed by atoms with E-state index in [1.54, 1.807) is 12.1 Å². The van der Waals surface area contributed by atoms with Crippen molar-refractivity contribution >= 4 is 44.9 Å². The van der Waals surface area contributed by atoms with Gasteiger partial charge in [0, 0.05) is 56.6 Å². The average Bonchev–Trinajstić information content (AvgIpc) is 3.12. The molecule has 0 spiro atoms. The molecule has 28 heavy (non-hydrogen) atoms. The van der Waals surface area contributed by atoms with Crippen molar-refractivity contribution < 1.29 is 13.7 Å². The highest BCUT2D eigenvalue weighted by atomic mass is 35.5. The molecule has 1 atom stereocenters. The summed E-state index contributed by atoms with van der Waals surface area (Å²) in [4.78, 5) is 15.7. The maximum absolute atomic E-state index is 12.6. The van der Waals surface area contributed by atoms with Gasteiger partial charge in [0.2, 0.25) is 0 Å². The minimum Gasteiger partial charge on any atom is -0.381 e. The predicted molar refractivity (Wildman–Crippen MR) is 113 cm³/mol. The molecule has 7 heteroatoms. The van der Waals surface area contributed by atoms with Crippen LogP contribution in [-0.2, 0) is 21.3 Å². The second-order valence-corrected chi connectivity index (χ2v) is 9.06. The van der Waals surface area contributed by atoms with Crippen molar-refractivity contribution in [3.8, 4) is 0 Å². The Hall–Kier alpha value is -2.15. The van der Waals surface area contributed by atoms with Crippen LogP contribution >= 0.6 is 11.6 Å². The third-order valence-electron chi connectivity index (χ3n) is 4.86. The van der Waals surface area contributed by atoms with Gasteiger partial charge in [0.05, 0.1) is 0 Å². The Labute approximate surface area is 170 Å². The standard InChI is InChI=1S/C21H21ClN2O3S/c22-16-4-5-19-15(11-16)12-20(24-19)21(25)23-17-3-1-2-14(10-17)13-28(26)18-6-8-27-9-7-18/h1-5,10-12,18,24H,6-9,13H2,(H,23,25).